The molecule has 6 nitrogen and oxygen atoms in total. The Morgan fingerprint density at radius 2 is 1.71 bits per heavy atom. The number of aryl methyl sites for hydroxylation is 2. The highest BCUT2D eigenvalue weighted by atomic mass is 32.2. The molecule has 0 saturated carbocycles. The van der Waals surface area contributed by atoms with Gasteiger partial charge in [0.25, 0.3) is 0 Å². The third-order valence-corrected chi connectivity index (χ3v) is 4.95. The van der Waals surface area contributed by atoms with Crippen molar-refractivity contribution in [3.05, 3.63) is 58.7 Å². The topological polar surface area (TPSA) is 86.7 Å². The fourth-order valence-corrected chi connectivity index (χ4v) is 3.05. The van der Waals surface area contributed by atoms with Crippen molar-refractivity contribution >= 4 is 21.6 Å². The summed E-state index contributed by atoms with van der Waals surface area (Å²) in [6.45, 7) is -0.586. The van der Waals surface area contributed by atoms with Crippen molar-refractivity contribution in [1.29, 1.82) is 0 Å². The van der Waals surface area contributed by atoms with Gasteiger partial charge in [0.05, 0.1) is 16.0 Å². The van der Waals surface area contributed by atoms with Gasteiger partial charge in [-0.25, -0.2) is 13.2 Å². The number of sulfone groups is 1. The van der Waals surface area contributed by atoms with Gasteiger partial charge >= 0.3 is 12.6 Å². The zero-order valence-corrected chi connectivity index (χ0v) is 16.2. The van der Waals surface area contributed by atoms with Crippen LogP contribution in [0.5, 0.6) is 5.75 Å². The SMILES string of the molecule is Cc1ccc(OC(F)F)c(C(=O)COC(=O)c2cc(S(C)(=O)=O)ccc2C)c1. The average molecular weight is 412 g/mol. The molecule has 0 saturated heterocycles. The third kappa shape index (κ3) is 5.35. The number of halogens is 2. The second kappa shape index (κ2) is 8.47. The molecule has 0 aliphatic rings. The Hall–Kier alpha value is -2.81. The van der Waals surface area contributed by atoms with Gasteiger partial charge in [-0.05, 0) is 43.7 Å². The van der Waals surface area contributed by atoms with Gasteiger partial charge < -0.3 is 9.47 Å². The Labute approximate surface area is 161 Å². The first kappa shape index (κ1) is 21.5. The van der Waals surface area contributed by atoms with Crippen molar-refractivity contribution in [3.63, 3.8) is 0 Å². The summed E-state index contributed by atoms with van der Waals surface area (Å²) in [6, 6.07) is 8.05. The quantitative estimate of drug-likeness (QED) is 0.512. The molecule has 0 N–H and O–H groups in total. The van der Waals surface area contributed by atoms with E-state index in [4.69, 9.17) is 4.74 Å². The van der Waals surface area contributed by atoms with Crippen molar-refractivity contribution in [3.8, 4) is 5.75 Å². The summed E-state index contributed by atoms with van der Waals surface area (Å²) in [5.74, 6) is -1.96. The minimum atomic E-state index is -3.53. The second-order valence-electron chi connectivity index (χ2n) is 6.13. The van der Waals surface area contributed by atoms with Crippen LogP contribution in [0.15, 0.2) is 41.3 Å². The standard InChI is InChI=1S/C19H18F2O6S/c1-11-4-7-17(27-19(20)21)15(8-11)16(22)10-26-18(23)14-9-13(28(3,24)25)6-5-12(14)2/h4-9,19H,10H2,1-3H3. The Bertz CT molecular complexity index is 1020. The zero-order chi connectivity index (χ0) is 21.1. The van der Waals surface area contributed by atoms with Crippen LogP contribution in [0.25, 0.3) is 0 Å². The number of hydrogen-bond donors (Lipinski definition) is 0. The molecule has 150 valence electrons. The monoisotopic (exact) mass is 412 g/mol. The van der Waals surface area contributed by atoms with Crippen molar-refractivity contribution < 1.29 is 36.3 Å². The molecule has 0 heterocycles. The zero-order valence-electron chi connectivity index (χ0n) is 15.4. The van der Waals surface area contributed by atoms with Gasteiger partial charge in [0.2, 0.25) is 5.78 Å². The molecule has 2 rings (SSSR count). The molecule has 0 aromatic heterocycles. The molecule has 0 atom stereocenters. The van der Waals surface area contributed by atoms with E-state index >= 15 is 0 Å². The molecule has 0 fully saturated rings. The molecule has 2 aromatic rings. The summed E-state index contributed by atoms with van der Waals surface area (Å²) < 4.78 is 57.6. The highest BCUT2D eigenvalue weighted by molar-refractivity contribution is 7.90. The predicted molar refractivity (Wildman–Crippen MR) is 96.7 cm³/mol. The van der Waals surface area contributed by atoms with E-state index in [2.05, 4.69) is 4.74 Å². The molecule has 0 aliphatic heterocycles. The van der Waals surface area contributed by atoms with Gasteiger partial charge in [0.15, 0.2) is 16.4 Å². The highest BCUT2D eigenvalue weighted by Gasteiger charge is 2.20. The van der Waals surface area contributed by atoms with Crippen LogP contribution in [0.1, 0.15) is 31.8 Å². The van der Waals surface area contributed by atoms with Gasteiger partial charge in [0, 0.05) is 6.26 Å². The van der Waals surface area contributed by atoms with Gasteiger partial charge in [-0.3, -0.25) is 4.79 Å². The van der Waals surface area contributed by atoms with Crippen LogP contribution < -0.4 is 4.74 Å². The predicted octanol–water partition coefficient (Wildman–Crippen LogP) is 3.35. The number of Topliss-reactive ketones (excluding diaryl/α,β-unsaturated/α-hetero) is 1. The molecule has 0 aliphatic carbocycles. The lowest BCUT2D eigenvalue weighted by atomic mass is 10.1. The van der Waals surface area contributed by atoms with Crippen LogP contribution in [-0.4, -0.2) is 39.6 Å². The maximum Gasteiger partial charge on any atom is 0.387 e. The summed E-state index contributed by atoms with van der Waals surface area (Å²) in [5.41, 5.74) is 0.939. The number of hydrogen-bond acceptors (Lipinski definition) is 6. The maximum absolute atomic E-state index is 12.5. The van der Waals surface area contributed by atoms with E-state index < -0.39 is 34.8 Å². The number of benzene rings is 2. The lowest BCUT2D eigenvalue weighted by molar-refractivity contribution is -0.0502. The van der Waals surface area contributed by atoms with Gasteiger partial charge in [-0.2, -0.15) is 8.78 Å². The van der Waals surface area contributed by atoms with Crippen molar-refractivity contribution in [2.24, 2.45) is 0 Å². The minimum absolute atomic E-state index is 0.0102. The first-order valence-corrected chi connectivity index (χ1v) is 9.94. The summed E-state index contributed by atoms with van der Waals surface area (Å²) >= 11 is 0. The Morgan fingerprint density at radius 3 is 2.32 bits per heavy atom. The largest absolute Gasteiger partial charge is 0.454 e. The lowest BCUT2D eigenvalue weighted by Gasteiger charge is -2.12. The molecule has 0 bridgehead atoms. The Morgan fingerprint density at radius 1 is 1.04 bits per heavy atom. The number of carbonyl (C=O) groups is 2. The van der Waals surface area contributed by atoms with E-state index in [1.54, 1.807) is 13.8 Å². The first-order valence-electron chi connectivity index (χ1n) is 8.05. The van der Waals surface area contributed by atoms with Crippen molar-refractivity contribution in [2.75, 3.05) is 12.9 Å². The summed E-state index contributed by atoms with van der Waals surface area (Å²) in [4.78, 5) is 24.6. The molecule has 28 heavy (non-hydrogen) atoms. The number of alkyl halides is 2. The highest BCUT2D eigenvalue weighted by Crippen LogP contribution is 2.23. The molecular weight excluding hydrogens is 394 g/mol. The molecule has 0 radical (unpaired) electrons. The van der Waals surface area contributed by atoms with E-state index in [1.165, 1.54) is 30.3 Å². The fraction of sp³-hybridized carbons (Fsp3) is 0.263. The molecule has 2 aromatic carbocycles. The summed E-state index contributed by atoms with van der Waals surface area (Å²) in [7, 11) is -3.53. The van der Waals surface area contributed by atoms with E-state index in [0.29, 0.717) is 11.1 Å². The van der Waals surface area contributed by atoms with E-state index in [0.717, 1.165) is 12.3 Å². The van der Waals surface area contributed by atoms with Crippen molar-refractivity contribution in [1.82, 2.24) is 0 Å². The van der Waals surface area contributed by atoms with Crippen LogP contribution in [0.4, 0.5) is 8.78 Å². The smallest absolute Gasteiger partial charge is 0.387 e. The first-order chi connectivity index (χ1) is 13.0. The fourth-order valence-electron chi connectivity index (χ4n) is 2.40. The van der Waals surface area contributed by atoms with E-state index in [-0.39, 0.29) is 21.8 Å². The molecular formula is C19H18F2O6S. The number of ketones is 1. The van der Waals surface area contributed by atoms with Crippen molar-refractivity contribution in [2.45, 2.75) is 25.4 Å². The minimum Gasteiger partial charge on any atom is -0.454 e. The maximum atomic E-state index is 12.5. The van der Waals surface area contributed by atoms with Crippen LogP contribution in [0.2, 0.25) is 0 Å². The van der Waals surface area contributed by atoms with E-state index in [1.807, 2.05) is 0 Å². The number of ether oxygens (including phenoxy) is 2. The summed E-state index contributed by atoms with van der Waals surface area (Å²) in [6.07, 6.45) is 0.999. The second-order valence-corrected chi connectivity index (χ2v) is 8.14. The molecule has 0 amide bonds. The van der Waals surface area contributed by atoms with Crippen LogP contribution in [-0.2, 0) is 14.6 Å². The van der Waals surface area contributed by atoms with Gasteiger partial charge in [-0.15, -0.1) is 0 Å². The Kier molecular flexibility index (Phi) is 6.50. The molecule has 9 heteroatoms. The average Bonchev–Trinajstić information content (AvgIpc) is 2.59. The van der Waals surface area contributed by atoms with Gasteiger partial charge in [-0.1, -0.05) is 17.7 Å². The van der Waals surface area contributed by atoms with Gasteiger partial charge in [0.1, 0.15) is 5.75 Å². The molecule has 0 spiro atoms. The Balaban J connectivity index is 2.20. The number of carbonyl (C=O) groups excluding carboxylic acids is 2. The van der Waals surface area contributed by atoms with Crippen LogP contribution >= 0.6 is 0 Å². The summed E-state index contributed by atoms with van der Waals surface area (Å²) in [5, 5.41) is 0. The third-order valence-electron chi connectivity index (χ3n) is 3.84. The molecule has 0 unspecified atom stereocenters. The number of esters is 1. The normalized spacial score (nSPS) is 11.4. The van der Waals surface area contributed by atoms with E-state index in [9.17, 15) is 26.8 Å². The lowest BCUT2D eigenvalue weighted by Crippen LogP contribution is -2.17. The van der Waals surface area contributed by atoms with Crippen LogP contribution in [0, 0.1) is 13.8 Å². The van der Waals surface area contributed by atoms with Crippen LogP contribution in [0.3, 0.4) is 0 Å². The number of rotatable bonds is 7.